The fourth-order valence-corrected chi connectivity index (χ4v) is 3.74. The number of benzene rings is 2. The molecule has 0 aliphatic carbocycles. The predicted octanol–water partition coefficient (Wildman–Crippen LogP) is 3.16. The van der Waals surface area contributed by atoms with Crippen molar-refractivity contribution < 1.29 is 9.59 Å². The van der Waals surface area contributed by atoms with Gasteiger partial charge in [0.05, 0.1) is 11.1 Å². The minimum Gasteiger partial charge on any atom is -0.350 e. The molecule has 1 aliphatic heterocycles. The molecule has 26 heavy (non-hydrogen) atoms. The van der Waals surface area contributed by atoms with Gasteiger partial charge in [-0.25, -0.2) is 0 Å². The first-order valence-corrected chi connectivity index (χ1v) is 8.36. The van der Waals surface area contributed by atoms with Crippen LogP contribution in [0.2, 0.25) is 0 Å². The number of hydrogen-bond acceptors (Lipinski definition) is 2. The maximum atomic E-state index is 12.7. The third-order valence-corrected chi connectivity index (χ3v) is 4.91. The Hall–Kier alpha value is -3.60. The van der Waals surface area contributed by atoms with Gasteiger partial charge in [-0.3, -0.25) is 14.9 Å². The van der Waals surface area contributed by atoms with Crippen LogP contribution in [0, 0.1) is 0 Å². The molecule has 0 fully saturated rings. The number of hydrogen-bond donors (Lipinski definition) is 1. The third-order valence-electron chi connectivity index (χ3n) is 4.91. The Kier molecular flexibility index (Phi) is 2.94. The zero-order valence-electron chi connectivity index (χ0n) is 14.1. The number of para-hydroxylation sites is 2. The molecule has 0 saturated heterocycles. The van der Waals surface area contributed by atoms with Crippen LogP contribution in [0.15, 0.2) is 67.0 Å². The number of nitrogens with zero attached hydrogens (tertiary/aromatic N) is 2. The van der Waals surface area contributed by atoms with Gasteiger partial charge in [0.25, 0.3) is 11.8 Å². The first-order valence-electron chi connectivity index (χ1n) is 8.36. The highest BCUT2D eigenvalue weighted by molar-refractivity contribution is 6.47. The Labute approximate surface area is 149 Å². The van der Waals surface area contributed by atoms with Crippen molar-refractivity contribution >= 4 is 44.9 Å². The van der Waals surface area contributed by atoms with E-state index in [4.69, 9.17) is 0 Å². The van der Waals surface area contributed by atoms with Gasteiger partial charge in [0, 0.05) is 35.9 Å². The van der Waals surface area contributed by atoms with Crippen molar-refractivity contribution in [1.82, 2.24) is 14.5 Å². The summed E-state index contributed by atoms with van der Waals surface area (Å²) in [6.07, 6.45) is 3.74. The largest absolute Gasteiger partial charge is 0.350 e. The zero-order chi connectivity index (χ0) is 17.8. The number of amides is 2. The lowest BCUT2D eigenvalue weighted by atomic mass is 10.0. The van der Waals surface area contributed by atoms with Crippen LogP contribution in [0.4, 0.5) is 0 Å². The van der Waals surface area contributed by atoms with E-state index >= 15 is 0 Å². The van der Waals surface area contributed by atoms with Crippen LogP contribution in [-0.2, 0) is 16.6 Å². The van der Waals surface area contributed by atoms with E-state index in [1.807, 2.05) is 78.6 Å². The number of carbonyl (C=O) groups excluding carboxylic acids is 2. The summed E-state index contributed by atoms with van der Waals surface area (Å²) < 4.78 is 3.77. The lowest BCUT2D eigenvalue weighted by molar-refractivity contribution is -0.122. The molecule has 1 N–H and O–H groups in total. The van der Waals surface area contributed by atoms with Crippen molar-refractivity contribution in [2.75, 3.05) is 0 Å². The Morgan fingerprint density at radius 2 is 1.58 bits per heavy atom. The molecule has 5 rings (SSSR count). The molecule has 0 unspecified atom stereocenters. The topological polar surface area (TPSA) is 56.0 Å². The SMILES string of the molecule is Cn1cc(C2=C(n3ccc4ccccc43)C(=O)NC2=O)c2ccccc21. The number of imide groups is 1. The molecule has 2 aromatic carbocycles. The normalized spacial score (nSPS) is 14.7. The van der Waals surface area contributed by atoms with Gasteiger partial charge in [0.1, 0.15) is 5.70 Å². The number of nitrogens with one attached hydrogen (secondary N) is 1. The molecule has 126 valence electrons. The van der Waals surface area contributed by atoms with Crippen LogP contribution < -0.4 is 5.32 Å². The van der Waals surface area contributed by atoms with E-state index in [-0.39, 0.29) is 11.8 Å². The van der Waals surface area contributed by atoms with Crippen molar-refractivity contribution in [3.8, 4) is 0 Å². The molecule has 2 aromatic heterocycles. The molecule has 0 bridgehead atoms. The lowest BCUT2D eigenvalue weighted by Gasteiger charge is -2.07. The van der Waals surface area contributed by atoms with Crippen molar-refractivity contribution in [2.24, 2.45) is 7.05 Å². The number of aryl methyl sites for hydroxylation is 1. The first-order chi connectivity index (χ1) is 12.6. The number of fused-ring (bicyclic) bond motifs is 2. The fourth-order valence-electron chi connectivity index (χ4n) is 3.74. The van der Waals surface area contributed by atoms with E-state index in [2.05, 4.69) is 5.32 Å². The summed E-state index contributed by atoms with van der Waals surface area (Å²) in [7, 11) is 1.94. The summed E-state index contributed by atoms with van der Waals surface area (Å²) >= 11 is 0. The summed E-state index contributed by atoms with van der Waals surface area (Å²) in [4.78, 5) is 25.3. The van der Waals surface area contributed by atoms with Crippen molar-refractivity contribution in [3.05, 3.63) is 72.6 Å². The Balaban J connectivity index is 1.87. The Bertz CT molecular complexity index is 1260. The van der Waals surface area contributed by atoms with E-state index in [1.54, 1.807) is 4.57 Å². The van der Waals surface area contributed by atoms with E-state index in [0.717, 1.165) is 27.4 Å². The standard InChI is InChI=1S/C21H15N3O2/c1-23-12-15(14-7-3-5-9-17(14)23)18-19(21(26)22-20(18)25)24-11-10-13-6-2-4-8-16(13)24/h2-12H,1H3,(H,22,25,26). The molecule has 0 atom stereocenters. The fraction of sp³-hybridized carbons (Fsp3) is 0.0476. The Morgan fingerprint density at radius 1 is 0.846 bits per heavy atom. The maximum Gasteiger partial charge on any atom is 0.275 e. The first kappa shape index (κ1) is 14.7. The number of carbonyl (C=O) groups is 2. The van der Waals surface area contributed by atoms with Crippen LogP contribution in [-0.4, -0.2) is 20.9 Å². The van der Waals surface area contributed by atoms with Crippen LogP contribution >= 0.6 is 0 Å². The third kappa shape index (κ3) is 1.91. The maximum absolute atomic E-state index is 12.7. The average molecular weight is 341 g/mol. The number of rotatable bonds is 2. The summed E-state index contributed by atoms with van der Waals surface area (Å²) in [5.41, 5.74) is 3.45. The van der Waals surface area contributed by atoms with E-state index < -0.39 is 0 Å². The van der Waals surface area contributed by atoms with Crippen LogP contribution in [0.25, 0.3) is 33.1 Å². The van der Waals surface area contributed by atoms with E-state index in [9.17, 15) is 9.59 Å². The highest BCUT2D eigenvalue weighted by Crippen LogP contribution is 2.34. The second-order valence-corrected chi connectivity index (χ2v) is 6.42. The minimum atomic E-state index is -0.376. The van der Waals surface area contributed by atoms with Gasteiger partial charge in [0.2, 0.25) is 0 Å². The summed E-state index contributed by atoms with van der Waals surface area (Å²) in [6.45, 7) is 0. The summed E-state index contributed by atoms with van der Waals surface area (Å²) in [5, 5.41) is 4.43. The molecule has 2 amide bonds. The lowest BCUT2D eigenvalue weighted by Crippen LogP contribution is -2.23. The molecular formula is C21H15N3O2. The number of aromatic nitrogens is 2. The van der Waals surface area contributed by atoms with E-state index in [1.165, 1.54) is 0 Å². The van der Waals surface area contributed by atoms with Crippen LogP contribution in [0.1, 0.15) is 5.56 Å². The Morgan fingerprint density at radius 3 is 2.42 bits per heavy atom. The van der Waals surface area contributed by atoms with Gasteiger partial charge in [0.15, 0.2) is 0 Å². The van der Waals surface area contributed by atoms with Gasteiger partial charge in [-0.1, -0.05) is 36.4 Å². The smallest absolute Gasteiger partial charge is 0.275 e. The van der Waals surface area contributed by atoms with Crippen LogP contribution in [0.3, 0.4) is 0 Å². The molecule has 3 heterocycles. The molecule has 1 aliphatic rings. The molecular weight excluding hydrogens is 326 g/mol. The minimum absolute atomic E-state index is 0.362. The quantitative estimate of drug-likeness (QED) is 0.570. The van der Waals surface area contributed by atoms with Crippen LogP contribution in [0.5, 0.6) is 0 Å². The second kappa shape index (κ2) is 5.20. The van der Waals surface area contributed by atoms with Gasteiger partial charge in [-0.2, -0.15) is 0 Å². The molecule has 0 spiro atoms. The molecule has 5 heteroatoms. The van der Waals surface area contributed by atoms with Crippen molar-refractivity contribution in [2.45, 2.75) is 0 Å². The van der Waals surface area contributed by atoms with Gasteiger partial charge < -0.3 is 9.13 Å². The highest BCUT2D eigenvalue weighted by atomic mass is 16.2. The predicted molar refractivity (Wildman–Crippen MR) is 101 cm³/mol. The van der Waals surface area contributed by atoms with Crippen molar-refractivity contribution in [3.63, 3.8) is 0 Å². The zero-order valence-corrected chi connectivity index (χ0v) is 14.1. The van der Waals surface area contributed by atoms with Gasteiger partial charge in [-0.15, -0.1) is 0 Å². The van der Waals surface area contributed by atoms with E-state index in [0.29, 0.717) is 11.3 Å². The summed E-state index contributed by atoms with van der Waals surface area (Å²) in [6, 6.07) is 17.6. The molecule has 4 aromatic rings. The van der Waals surface area contributed by atoms with Gasteiger partial charge >= 0.3 is 0 Å². The van der Waals surface area contributed by atoms with Crippen molar-refractivity contribution in [1.29, 1.82) is 0 Å². The molecule has 0 radical (unpaired) electrons. The summed E-state index contributed by atoms with van der Waals surface area (Å²) in [5.74, 6) is -0.738. The second-order valence-electron chi connectivity index (χ2n) is 6.42. The monoisotopic (exact) mass is 341 g/mol. The molecule has 0 saturated carbocycles. The highest BCUT2D eigenvalue weighted by Gasteiger charge is 2.34. The van der Waals surface area contributed by atoms with Gasteiger partial charge in [-0.05, 0) is 23.6 Å². The molecule has 5 nitrogen and oxygen atoms in total. The average Bonchev–Trinajstić information content (AvgIpc) is 3.29.